The summed E-state index contributed by atoms with van der Waals surface area (Å²) in [5.74, 6) is 0.482. The van der Waals surface area contributed by atoms with Gasteiger partial charge in [-0.25, -0.2) is 0 Å². The van der Waals surface area contributed by atoms with Crippen LogP contribution in [0.2, 0.25) is 0 Å². The molecule has 1 saturated heterocycles. The highest BCUT2D eigenvalue weighted by Gasteiger charge is 2.25. The number of hydrogen-bond donors (Lipinski definition) is 0. The highest BCUT2D eigenvalue weighted by molar-refractivity contribution is 5.20. The molecule has 0 radical (unpaired) electrons. The highest BCUT2D eigenvalue weighted by Crippen LogP contribution is 2.23. The Labute approximate surface area is 98.2 Å². The van der Waals surface area contributed by atoms with Crippen molar-refractivity contribution < 1.29 is 4.74 Å². The number of nitrogens with zero attached hydrogens (tertiary/aromatic N) is 1. The number of benzene rings is 1. The first-order valence-electron chi connectivity index (χ1n) is 6.20. The van der Waals surface area contributed by atoms with Gasteiger partial charge in [0.25, 0.3) is 0 Å². The fraction of sp³-hybridized carbons (Fsp3) is 0.571. The minimum atomic E-state index is 0.344. The molecule has 1 fully saturated rings. The molecule has 16 heavy (non-hydrogen) atoms. The summed E-state index contributed by atoms with van der Waals surface area (Å²) in [6.45, 7) is 8.62. The third kappa shape index (κ3) is 2.63. The lowest BCUT2D eigenvalue weighted by atomic mass is 9.94. The van der Waals surface area contributed by atoms with Gasteiger partial charge < -0.3 is 4.74 Å². The fourth-order valence-corrected chi connectivity index (χ4v) is 2.29. The maximum atomic E-state index is 5.88. The van der Waals surface area contributed by atoms with E-state index in [2.05, 4.69) is 49.1 Å². The van der Waals surface area contributed by atoms with Crippen molar-refractivity contribution in [2.45, 2.75) is 25.9 Å². The van der Waals surface area contributed by atoms with Crippen molar-refractivity contribution in [1.82, 2.24) is 4.90 Å². The molecule has 0 saturated carbocycles. The molecule has 0 N–H and O–H groups in total. The van der Waals surface area contributed by atoms with Crippen molar-refractivity contribution in [3.63, 3.8) is 0 Å². The number of rotatable bonds is 3. The van der Waals surface area contributed by atoms with E-state index < -0.39 is 0 Å². The molecule has 0 aromatic heterocycles. The van der Waals surface area contributed by atoms with Crippen LogP contribution in [0.25, 0.3) is 0 Å². The van der Waals surface area contributed by atoms with Crippen molar-refractivity contribution >= 4 is 0 Å². The van der Waals surface area contributed by atoms with Gasteiger partial charge in [0.05, 0.1) is 12.7 Å². The summed E-state index contributed by atoms with van der Waals surface area (Å²) in [6.07, 6.45) is 0.344. The molecule has 0 aliphatic carbocycles. The SMILES string of the molecule is CCN1CCOC(C(C)c2ccccc2)C1. The summed E-state index contributed by atoms with van der Waals surface area (Å²) in [7, 11) is 0. The van der Waals surface area contributed by atoms with Crippen molar-refractivity contribution in [1.29, 1.82) is 0 Å². The molecule has 0 spiro atoms. The van der Waals surface area contributed by atoms with E-state index in [1.165, 1.54) is 5.56 Å². The largest absolute Gasteiger partial charge is 0.375 e. The lowest BCUT2D eigenvalue weighted by Crippen LogP contribution is -2.44. The van der Waals surface area contributed by atoms with Crippen LogP contribution in [0.1, 0.15) is 25.3 Å². The standard InChI is InChI=1S/C14H21NO/c1-3-15-9-10-16-14(11-15)12(2)13-7-5-4-6-8-13/h4-8,12,14H,3,9-11H2,1-2H3. The lowest BCUT2D eigenvalue weighted by molar-refractivity contribution is -0.0373. The van der Waals surface area contributed by atoms with Gasteiger partial charge in [-0.3, -0.25) is 4.90 Å². The molecule has 88 valence electrons. The summed E-state index contributed by atoms with van der Waals surface area (Å²) in [5.41, 5.74) is 1.38. The van der Waals surface area contributed by atoms with Crippen LogP contribution < -0.4 is 0 Å². The van der Waals surface area contributed by atoms with Gasteiger partial charge in [0.1, 0.15) is 0 Å². The molecule has 1 aliphatic rings. The van der Waals surface area contributed by atoms with Gasteiger partial charge in [0, 0.05) is 19.0 Å². The van der Waals surface area contributed by atoms with Crippen LogP contribution >= 0.6 is 0 Å². The van der Waals surface area contributed by atoms with Gasteiger partial charge in [0.2, 0.25) is 0 Å². The second-order valence-corrected chi connectivity index (χ2v) is 4.50. The lowest BCUT2D eigenvalue weighted by Gasteiger charge is -2.35. The molecule has 1 aromatic carbocycles. The van der Waals surface area contributed by atoms with Gasteiger partial charge in [-0.15, -0.1) is 0 Å². The van der Waals surface area contributed by atoms with Crippen LogP contribution in [-0.2, 0) is 4.74 Å². The normalized spacial score (nSPS) is 24.2. The van der Waals surface area contributed by atoms with E-state index >= 15 is 0 Å². The number of likely N-dealkylation sites (N-methyl/N-ethyl adjacent to an activating group) is 1. The molecule has 1 aliphatic heterocycles. The van der Waals surface area contributed by atoms with E-state index in [4.69, 9.17) is 4.74 Å². The van der Waals surface area contributed by atoms with Crippen LogP contribution in [0.15, 0.2) is 30.3 Å². The molecule has 2 rings (SSSR count). The first kappa shape index (κ1) is 11.6. The van der Waals surface area contributed by atoms with E-state index in [-0.39, 0.29) is 0 Å². The van der Waals surface area contributed by atoms with Crippen molar-refractivity contribution in [3.05, 3.63) is 35.9 Å². The smallest absolute Gasteiger partial charge is 0.0768 e. The van der Waals surface area contributed by atoms with Crippen LogP contribution in [0, 0.1) is 0 Å². The second-order valence-electron chi connectivity index (χ2n) is 4.50. The topological polar surface area (TPSA) is 12.5 Å². The quantitative estimate of drug-likeness (QED) is 0.774. The Morgan fingerprint density at radius 1 is 1.38 bits per heavy atom. The monoisotopic (exact) mass is 219 g/mol. The van der Waals surface area contributed by atoms with Crippen LogP contribution in [0.3, 0.4) is 0 Å². The Balaban J connectivity index is 2.01. The first-order valence-corrected chi connectivity index (χ1v) is 6.20. The van der Waals surface area contributed by atoms with Gasteiger partial charge in [0.15, 0.2) is 0 Å². The third-order valence-corrected chi connectivity index (χ3v) is 3.51. The molecular weight excluding hydrogens is 198 g/mol. The Hall–Kier alpha value is -0.860. The number of hydrogen-bond acceptors (Lipinski definition) is 2. The van der Waals surface area contributed by atoms with E-state index in [1.54, 1.807) is 0 Å². The van der Waals surface area contributed by atoms with E-state index in [0.29, 0.717) is 12.0 Å². The zero-order valence-corrected chi connectivity index (χ0v) is 10.2. The maximum Gasteiger partial charge on any atom is 0.0768 e. The molecule has 1 aromatic rings. The number of morpholine rings is 1. The fourth-order valence-electron chi connectivity index (χ4n) is 2.29. The predicted molar refractivity (Wildman–Crippen MR) is 66.7 cm³/mol. The molecular formula is C14H21NO. The highest BCUT2D eigenvalue weighted by atomic mass is 16.5. The summed E-state index contributed by atoms with van der Waals surface area (Å²) in [5, 5.41) is 0. The van der Waals surface area contributed by atoms with Crippen molar-refractivity contribution in [2.24, 2.45) is 0 Å². The van der Waals surface area contributed by atoms with E-state index in [0.717, 1.165) is 26.2 Å². The molecule has 1 heterocycles. The zero-order chi connectivity index (χ0) is 11.4. The van der Waals surface area contributed by atoms with Crippen molar-refractivity contribution in [2.75, 3.05) is 26.2 Å². The summed E-state index contributed by atoms with van der Waals surface area (Å²) < 4.78 is 5.88. The molecule has 0 bridgehead atoms. The molecule has 2 heteroatoms. The van der Waals surface area contributed by atoms with Crippen LogP contribution in [-0.4, -0.2) is 37.2 Å². The van der Waals surface area contributed by atoms with Crippen LogP contribution in [0.5, 0.6) is 0 Å². The molecule has 2 nitrogen and oxygen atoms in total. The Morgan fingerprint density at radius 3 is 2.81 bits per heavy atom. The van der Waals surface area contributed by atoms with E-state index in [1.807, 2.05) is 0 Å². The zero-order valence-electron chi connectivity index (χ0n) is 10.2. The van der Waals surface area contributed by atoms with E-state index in [9.17, 15) is 0 Å². The molecule has 0 amide bonds. The summed E-state index contributed by atoms with van der Waals surface area (Å²) in [6, 6.07) is 10.7. The molecule has 2 unspecified atom stereocenters. The second kappa shape index (κ2) is 5.46. The maximum absolute atomic E-state index is 5.88. The Kier molecular flexibility index (Phi) is 3.97. The summed E-state index contributed by atoms with van der Waals surface area (Å²) in [4.78, 5) is 2.47. The van der Waals surface area contributed by atoms with Gasteiger partial charge in [-0.05, 0) is 12.1 Å². The molecule has 2 atom stereocenters. The predicted octanol–water partition coefficient (Wildman–Crippen LogP) is 2.51. The Morgan fingerprint density at radius 2 is 2.12 bits per heavy atom. The average Bonchev–Trinajstić information content (AvgIpc) is 2.39. The third-order valence-electron chi connectivity index (χ3n) is 3.51. The van der Waals surface area contributed by atoms with Crippen molar-refractivity contribution in [3.8, 4) is 0 Å². The first-order chi connectivity index (χ1) is 7.81. The number of ether oxygens (including phenoxy) is 1. The van der Waals surface area contributed by atoms with Gasteiger partial charge >= 0.3 is 0 Å². The van der Waals surface area contributed by atoms with Crippen LogP contribution in [0.4, 0.5) is 0 Å². The Bertz CT molecular complexity index is 312. The van der Waals surface area contributed by atoms with Gasteiger partial charge in [-0.1, -0.05) is 44.2 Å². The van der Waals surface area contributed by atoms with Gasteiger partial charge in [-0.2, -0.15) is 0 Å². The minimum absolute atomic E-state index is 0.344. The minimum Gasteiger partial charge on any atom is -0.375 e. The summed E-state index contributed by atoms with van der Waals surface area (Å²) >= 11 is 0. The average molecular weight is 219 g/mol.